The van der Waals surface area contributed by atoms with Crippen molar-refractivity contribution in [3.05, 3.63) is 46.0 Å². The zero-order chi connectivity index (χ0) is 11.5. The van der Waals surface area contributed by atoms with Gasteiger partial charge in [0.2, 0.25) is 0 Å². The quantitative estimate of drug-likeness (QED) is 0.846. The van der Waals surface area contributed by atoms with Gasteiger partial charge in [0, 0.05) is 16.9 Å². The zero-order valence-corrected chi connectivity index (χ0v) is 10.2. The van der Waals surface area contributed by atoms with Crippen LogP contribution in [-0.2, 0) is 0 Å². The maximum atomic E-state index is 13.3. The fourth-order valence-electron chi connectivity index (χ4n) is 1.04. The summed E-state index contributed by atoms with van der Waals surface area (Å²) in [5.74, 6) is -0.386. The number of benzene rings is 1. The van der Waals surface area contributed by atoms with Crippen molar-refractivity contribution in [1.82, 2.24) is 9.97 Å². The molecule has 0 aliphatic rings. The van der Waals surface area contributed by atoms with Crippen molar-refractivity contribution in [1.29, 1.82) is 0 Å². The average Bonchev–Trinajstić information content (AvgIpc) is 2.27. The lowest BCUT2D eigenvalue weighted by Crippen LogP contribution is -1.92. The van der Waals surface area contributed by atoms with Gasteiger partial charge in [0.05, 0.1) is 0 Å². The molecule has 1 aromatic carbocycles. The van der Waals surface area contributed by atoms with Crippen molar-refractivity contribution < 1.29 is 9.13 Å². The molecule has 0 N–H and O–H groups in total. The first-order chi connectivity index (χ1) is 7.66. The molecule has 3 nitrogen and oxygen atoms in total. The SMILES string of the molecule is Fc1ccc(Br)cc1Oc1nccnc1Cl. The number of rotatable bonds is 2. The molecule has 0 radical (unpaired) electrons. The summed E-state index contributed by atoms with van der Waals surface area (Å²) in [5.41, 5.74) is 0. The molecule has 0 aliphatic carbocycles. The lowest BCUT2D eigenvalue weighted by atomic mass is 10.3. The van der Waals surface area contributed by atoms with Crippen LogP contribution in [0.15, 0.2) is 35.1 Å². The van der Waals surface area contributed by atoms with Gasteiger partial charge in [0.25, 0.3) is 5.88 Å². The summed E-state index contributed by atoms with van der Waals surface area (Å²) in [6.45, 7) is 0. The summed E-state index contributed by atoms with van der Waals surface area (Å²) in [7, 11) is 0. The minimum Gasteiger partial charge on any atom is -0.433 e. The Balaban J connectivity index is 2.34. The topological polar surface area (TPSA) is 35.0 Å². The van der Waals surface area contributed by atoms with Crippen LogP contribution >= 0.6 is 27.5 Å². The zero-order valence-electron chi connectivity index (χ0n) is 7.82. The van der Waals surface area contributed by atoms with Gasteiger partial charge in [-0.2, -0.15) is 0 Å². The van der Waals surface area contributed by atoms with E-state index in [1.807, 2.05) is 0 Å². The van der Waals surface area contributed by atoms with E-state index in [0.29, 0.717) is 4.47 Å². The Morgan fingerprint density at radius 2 is 2.00 bits per heavy atom. The monoisotopic (exact) mass is 302 g/mol. The molecule has 6 heteroatoms. The van der Waals surface area contributed by atoms with Crippen LogP contribution in [0.2, 0.25) is 5.15 Å². The molecule has 2 aromatic rings. The van der Waals surface area contributed by atoms with E-state index in [2.05, 4.69) is 25.9 Å². The fraction of sp³-hybridized carbons (Fsp3) is 0. The second-order valence-corrected chi connectivity index (χ2v) is 4.10. The molecule has 0 aliphatic heterocycles. The highest BCUT2D eigenvalue weighted by Crippen LogP contribution is 2.29. The summed E-state index contributed by atoms with van der Waals surface area (Å²) >= 11 is 8.95. The van der Waals surface area contributed by atoms with Crippen LogP contribution in [0.5, 0.6) is 11.6 Å². The van der Waals surface area contributed by atoms with Gasteiger partial charge in [-0.3, -0.25) is 0 Å². The predicted octanol–water partition coefficient (Wildman–Crippen LogP) is 3.82. The Morgan fingerprint density at radius 1 is 1.25 bits per heavy atom. The average molecular weight is 304 g/mol. The number of halogens is 3. The van der Waals surface area contributed by atoms with Crippen molar-refractivity contribution in [2.24, 2.45) is 0 Å². The molecular formula is C10H5BrClFN2O. The molecule has 0 spiro atoms. The fourth-order valence-corrected chi connectivity index (χ4v) is 1.52. The first kappa shape index (κ1) is 11.3. The number of ether oxygens (including phenoxy) is 1. The molecule has 0 fully saturated rings. The second kappa shape index (κ2) is 4.76. The number of hydrogen-bond donors (Lipinski definition) is 0. The summed E-state index contributed by atoms with van der Waals surface area (Å²) in [4.78, 5) is 7.62. The maximum absolute atomic E-state index is 13.3. The Kier molecular flexibility index (Phi) is 3.36. The van der Waals surface area contributed by atoms with Gasteiger partial charge in [-0.1, -0.05) is 27.5 Å². The van der Waals surface area contributed by atoms with Crippen LogP contribution in [0.25, 0.3) is 0 Å². The van der Waals surface area contributed by atoms with Crippen LogP contribution in [0, 0.1) is 5.82 Å². The van der Waals surface area contributed by atoms with E-state index in [4.69, 9.17) is 16.3 Å². The molecular weight excluding hydrogens is 298 g/mol. The normalized spacial score (nSPS) is 10.2. The molecule has 0 atom stereocenters. The largest absolute Gasteiger partial charge is 0.433 e. The van der Waals surface area contributed by atoms with E-state index in [0.717, 1.165) is 0 Å². The molecule has 0 saturated heterocycles. The number of nitrogens with zero attached hydrogens (tertiary/aromatic N) is 2. The van der Waals surface area contributed by atoms with E-state index in [9.17, 15) is 4.39 Å². The maximum Gasteiger partial charge on any atom is 0.257 e. The Hall–Kier alpha value is -1.20. The van der Waals surface area contributed by atoms with Gasteiger partial charge in [-0.15, -0.1) is 0 Å². The molecule has 1 heterocycles. The third-order valence-corrected chi connectivity index (χ3v) is 2.48. The molecule has 0 unspecified atom stereocenters. The molecule has 0 bridgehead atoms. The van der Waals surface area contributed by atoms with Crippen molar-refractivity contribution in [2.75, 3.05) is 0 Å². The number of hydrogen-bond acceptors (Lipinski definition) is 3. The molecule has 0 amide bonds. The first-order valence-electron chi connectivity index (χ1n) is 4.26. The molecule has 2 rings (SSSR count). The second-order valence-electron chi connectivity index (χ2n) is 2.83. The van der Waals surface area contributed by atoms with Gasteiger partial charge in [-0.25, -0.2) is 14.4 Å². The third-order valence-electron chi connectivity index (χ3n) is 1.72. The van der Waals surface area contributed by atoms with Crippen LogP contribution in [-0.4, -0.2) is 9.97 Å². The highest BCUT2D eigenvalue weighted by molar-refractivity contribution is 9.10. The van der Waals surface area contributed by atoms with Gasteiger partial charge in [-0.05, 0) is 18.2 Å². The summed E-state index contributed by atoms with van der Waals surface area (Å²) in [6.07, 6.45) is 2.84. The smallest absolute Gasteiger partial charge is 0.257 e. The van der Waals surface area contributed by atoms with E-state index in [-0.39, 0.29) is 16.8 Å². The Morgan fingerprint density at radius 3 is 2.75 bits per heavy atom. The minimum atomic E-state index is -0.495. The Bertz CT molecular complexity index is 524. The minimum absolute atomic E-state index is 0.0387. The number of aromatic nitrogens is 2. The van der Waals surface area contributed by atoms with Crippen LogP contribution < -0.4 is 4.74 Å². The van der Waals surface area contributed by atoms with Crippen molar-refractivity contribution in [3.8, 4) is 11.6 Å². The van der Waals surface area contributed by atoms with E-state index < -0.39 is 5.82 Å². The highest BCUT2D eigenvalue weighted by atomic mass is 79.9. The highest BCUT2D eigenvalue weighted by Gasteiger charge is 2.09. The van der Waals surface area contributed by atoms with Crippen molar-refractivity contribution >= 4 is 27.5 Å². The standard InChI is InChI=1S/C10H5BrClFN2O/c11-6-1-2-7(13)8(5-6)16-10-9(12)14-3-4-15-10/h1-5H. The summed E-state index contributed by atoms with van der Waals surface area (Å²) in [5, 5.41) is 0.0851. The van der Waals surface area contributed by atoms with E-state index in [1.165, 1.54) is 24.5 Å². The van der Waals surface area contributed by atoms with E-state index in [1.54, 1.807) is 6.07 Å². The summed E-state index contributed by atoms with van der Waals surface area (Å²) < 4.78 is 19.3. The lowest BCUT2D eigenvalue weighted by Gasteiger charge is -2.06. The van der Waals surface area contributed by atoms with Gasteiger partial charge in [0.1, 0.15) is 0 Å². The van der Waals surface area contributed by atoms with Gasteiger partial charge >= 0.3 is 0 Å². The molecule has 1 aromatic heterocycles. The van der Waals surface area contributed by atoms with Crippen molar-refractivity contribution in [2.45, 2.75) is 0 Å². The van der Waals surface area contributed by atoms with Gasteiger partial charge < -0.3 is 4.74 Å². The lowest BCUT2D eigenvalue weighted by molar-refractivity contribution is 0.425. The summed E-state index contributed by atoms with van der Waals surface area (Å²) in [6, 6.07) is 4.34. The van der Waals surface area contributed by atoms with Crippen LogP contribution in [0.4, 0.5) is 4.39 Å². The van der Waals surface area contributed by atoms with Crippen molar-refractivity contribution in [3.63, 3.8) is 0 Å². The first-order valence-corrected chi connectivity index (χ1v) is 5.43. The van der Waals surface area contributed by atoms with Crippen LogP contribution in [0.3, 0.4) is 0 Å². The Labute approximate surface area is 104 Å². The van der Waals surface area contributed by atoms with Crippen LogP contribution in [0.1, 0.15) is 0 Å². The third kappa shape index (κ3) is 2.48. The molecule has 16 heavy (non-hydrogen) atoms. The molecule has 82 valence electrons. The molecule has 0 saturated carbocycles. The van der Waals surface area contributed by atoms with E-state index >= 15 is 0 Å². The van der Waals surface area contributed by atoms with Gasteiger partial charge in [0.15, 0.2) is 16.7 Å². The predicted molar refractivity (Wildman–Crippen MR) is 61.2 cm³/mol.